The molecule has 1 aliphatic rings. The molecule has 1 aromatic rings. The SMILES string of the molecule is COCCOc1cccc(CNC(=O)C2CCCC(N)C2)c1. The van der Waals surface area contributed by atoms with Crippen molar-refractivity contribution in [3.8, 4) is 5.75 Å². The van der Waals surface area contributed by atoms with E-state index in [0.717, 1.165) is 37.0 Å². The molecule has 122 valence electrons. The Bertz CT molecular complexity index is 479. The Morgan fingerprint density at radius 2 is 2.23 bits per heavy atom. The molecule has 0 saturated heterocycles. The van der Waals surface area contributed by atoms with E-state index in [1.807, 2.05) is 24.3 Å². The summed E-state index contributed by atoms with van der Waals surface area (Å²) >= 11 is 0. The molecule has 22 heavy (non-hydrogen) atoms. The van der Waals surface area contributed by atoms with Crippen LogP contribution in [0, 0.1) is 5.92 Å². The van der Waals surface area contributed by atoms with E-state index in [1.54, 1.807) is 7.11 Å². The predicted molar refractivity (Wildman–Crippen MR) is 85.6 cm³/mol. The third-order valence-electron chi connectivity index (χ3n) is 4.01. The molecular formula is C17H26N2O3. The quantitative estimate of drug-likeness (QED) is 0.754. The number of hydrogen-bond donors (Lipinski definition) is 2. The van der Waals surface area contributed by atoms with E-state index in [4.69, 9.17) is 15.2 Å². The topological polar surface area (TPSA) is 73.6 Å². The van der Waals surface area contributed by atoms with Crippen molar-refractivity contribution < 1.29 is 14.3 Å². The van der Waals surface area contributed by atoms with Crippen LogP contribution in [0.5, 0.6) is 5.75 Å². The van der Waals surface area contributed by atoms with Gasteiger partial charge in [-0.05, 0) is 37.0 Å². The first kappa shape index (κ1) is 16.8. The molecule has 5 heteroatoms. The number of amides is 1. The Hall–Kier alpha value is -1.59. The van der Waals surface area contributed by atoms with E-state index in [1.165, 1.54) is 0 Å². The molecule has 1 aliphatic carbocycles. The Morgan fingerprint density at radius 3 is 3.00 bits per heavy atom. The van der Waals surface area contributed by atoms with Crippen molar-refractivity contribution in [2.75, 3.05) is 20.3 Å². The second-order valence-electron chi connectivity index (χ2n) is 5.83. The van der Waals surface area contributed by atoms with Crippen LogP contribution in [-0.2, 0) is 16.1 Å². The summed E-state index contributed by atoms with van der Waals surface area (Å²) in [6.45, 7) is 1.60. The van der Waals surface area contributed by atoms with Crippen molar-refractivity contribution >= 4 is 5.91 Å². The van der Waals surface area contributed by atoms with Crippen molar-refractivity contribution in [1.29, 1.82) is 0 Å². The summed E-state index contributed by atoms with van der Waals surface area (Å²) in [6, 6.07) is 7.93. The average molecular weight is 306 g/mol. The highest BCUT2D eigenvalue weighted by molar-refractivity contribution is 5.78. The predicted octanol–water partition coefficient (Wildman–Crippen LogP) is 1.85. The van der Waals surface area contributed by atoms with Gasteiger partial charge in [0.1, 0.15) is 12.4 Å². The van der Waals surface area contributed by atoms with Crippen LogP contribution in [0.1, 0.15) is 31.2 Å². The van der Waals surface area contributed by atoms with Gasteiger partial charge in [-0.25, -0.2) is 0 Å². The highest BCUT2D eigenvalue weighted by Crippen LogP contribution is 2.23. The van der Waals surface area contributed by atoms with Gasteiger partial charge in [0.05, 0.1) is 6.61 Å². The Kier molecular flexibility index (Phi) is 6.68. The first-order valence-electron chi connectivity index (χ1n) is 7.93. The largest absolute Gasteiger partial charge is 0.491 e. The molecule has 1 fully saturated rings. The minimum atomic E-state index is 0.0601. The van der Waals surface area contributed by atoms with Gasteiger partial charge in [-0.3, -0.25) is 4.79 Å². The molecule has 0 spiro atoms. The van der Waals surface area contributed by atoms with Crippen molar-refractivity contribution in [2.45, 2.75) is 38.3 Å². The summed E-state index contributed by atoms with van der Waals surface area (Å²) < 4.78 is 10.5. The molecule has 0 heterocycles. The third-order valence-corrected chi connectivity index (χ3v) is 4.01. The number of carbonyl (C=O) groups excluding carboxylic acids is 1. The van der Waals surface area contributed by atoms with Crippen LogP contribution in [0.3, 0.4) is 0 Å². The second-order valence-corrected chi connectivity index (χ2v) is 5.83. The van der Waals surface area contributed by atoms with Gasteiger partial charge in [-0.2, -0.15) is 0 Å². The lowest BCUT2D eigenvalue weighted by atomic mass is 9.85. The summed E-state index contributed by atoms with van der Waals surface area (Å²) in [5.41, 5.74) is 6.97. The molecule has 0 radical (unpaired) electrons. The summed E-state index contributed by atoms with van der Waals surface area (Å²) in [6.07, 6.45) is 3.82. The lowest BCUT2D eigenvalue weighted by Crippen LogP contribution is -2.37. The summed E-state index contributed by atoms with van der Waals surface area (Å²) in [5, 5.41) is 3.01. The number of nitrogens with one attached hydrogen (secondary N) is 1. The van der Waals surface area contributed by atoms with Gasteiger partial charge in [0, 0.05) is 25.6 Å². The zero-order valence-electron chi connectivity index (χ0n) is 13.2. The lowest BCUT2D eigenvalue weighted by Gasteiger charge is -2.25. The molecule has 2 rings (SSSR count). The van der Waals surface area contributed by atoms with E-state index in [0.29, 0.717) is 19.8 Å². The van der Waals surface area contributed by atoms with Crippen LogP contribution in [0.2, 0.25) is 0 Å². The van der Waals surface area contributed by atoms with E-state index >= 15 is 0 Å². The molecule has 2 unspecified atom stereocenters. The highest BCUT2D eigenvalue weighted by Gasteiger charge is 2.24. The van der Waals surface area contributed by atoms with Crippen LogP contribution in [0.4, 0.5) is 0 Å². The molecule has 2 atom stereocenters. The summed E-state index contributed by atoms with van der Waals surface area (Å²) in [5.74, 6) is 0.967. The van der Waals surface area contributed by atoms with Gasteiger partial charge in [0.15, 0.2) is 0 Å². The minimum absolute atomic E-state index is 0.0601. The van der Waals surface area contributed by atoms with Crippen molar-refractivity contribution in [1.82, 2.24) is 5.32 Å². The van der Waals surface area contributed by atoms with Gasteiger partial charge < -0.3 is 20.5 Å². The fourth-order valence-corrected chi connectivity index (χ4v) is 2.79. The van der Waals surface area contributed by atoms with E-state index in [9.17, 15) is 4.79 Å². The molecule has 1 amide bonds. The number of methoxy groups -OCH3 is 1. The van der Waals surface area contributed by atoms with Crippen LogP contribution in [-0.4, -0.2) is 32.3 Å². The van der Waals surface area contributed by atoms with Gasteiger partial charge in [0.2, 0.25) is 5.91 Å². The Balaban J connectivity index is 1.80. The normalized spacial score (nSPS) is 21.4. The maximum atomic E-state index is 12.2. The number of rotatable bonds is 7. The van der Waals surface area contributed by atoms with Gasteiger partial charge in [0.25, 0.3) is 0 Å². The molecule has 1 saturated carbocycles. The number of nitrogens with two attached hydrogens (primary N) is 1. The van der Waals surface area contributed by atoms with Crippen LogP contribution in [0.15, 0.2) is 24.3 Å². The zero-order chi connectivity index (χ0) is 15.8. The number of hydrogen-bond acceptors (Lipinski definition) is 4. The van der Waals surface area contributed by atoms with Crippen LogP contribution < -0.4 is 15.8 Å². The van der Waals surface area contributed by atoms with Crippen molar-refractivity contribution in [3.05, 3.63) is 29.8 Å². The molecule has 0 aliphatic heterocycles. The molecule has 0 aromatic heterocycles. The number of benzene rings is 1. The fraction of sp³-hybridized carbons (Fsp3) is 0.588. The average Bonchev–Trinajstić information content (AvgIpc) is 2.53. The smallest absolute Gasteiger partial charge is 0.223 e. The number of ether oxygens (including phenoxy) is 2. The van der Waals surface area contributed by atoms with E-state index in [-0.39, 0.29) is 17.9 Å². The van der Waals surface area contributed by atoms with E-state index < -0.39 is 0 Å². The fourth-order valence-electron chi connectivity index (χ4n) is 2.79. The maximum Gasteiger partial charge on any atom is 0.223 e. The van der Waals surface area contributed by atoms with Crippen LogP contribution >= 0.6 is 0 Å². The second kappa shape index (κ2) is 8.76. The molecule has 0 bridgehead atoms. The lowest BCUT2D eigenvalue weighted by molar-refractivity contribution is -0.126. The monoisotopic (exact) mass is 306 g/mol. The first-order chi connectivity index (χ1) is 10.7. The first-order valence-corrected chi connectivity index (χ1v) is 7.93. The zero-order valence-corrected chi connectivity index (χ0v) is 13.2. The molecule has 5 nitrogen and oxygen atoms in total. The third kappa shape index (κ3) is 5.31. The summed E-state index contributed by atoms with van der Waals surface area (Å²) in [4.78, 5) is 12.2. The van der Waals surface area contributed by atoms with Gasteiger partial charge in [-0.15, -0.1) is 0 Å². The van der Waals surface area contributed by atoms with Crippen molar-refractivity contribution in [3.63, 3.8) is 0 Å². The summed E-state index contributed by atoms with van der Waals surface area (Å²) in [7, 11) is 1.65. The Labute approximate surface area is 132 Å². The van der Waals surface area contributed by atoms with Crippen LogP contribution in [0.25, 0.3) is 0 Å². The number of carbonyl (C=O) groups is 1. The van der Waals surface area contributed by atoms with Gasteiger partial charge >= 0.3 is 0 Å². The molecule has 3 N–H and O–H groups in total. The van der Waals surface area contributed by atoms with Crippen molar-refractivity contribution in [2.24, 2.45) is 11.7 Å². The molecular weight excluding hydrogens is 280 g/mol. The Morgan fingerprint density at radius 1 is 1.36 bits per heavy atom. The standard InChI is InChI=1S/C17H26N2O3/c1-21-8-9-22-16-7-2-4-13(10-16)12-19-17(20)14-5-3-6-15(18)11-14/h2,4,7,10,14-15H,3,5-6,8-9,11-12,18H2,1H3,(H,19,20). The van der Waals surface area contributed by atoms with E-state index in [2.05, 4.69) is 5.32 Å². The molecule has 1 aromatic carbocycles. The van der Waals surface area contributed by atoms with Gasteiger partial charge in [-0.1, -0.05) is 18.6 Å². The maximum absolute atomic E-state index is 12.2. The highest BCUT2D eigenvalue weighted by atomic mass is 16.5. The minimum Gasteiger partial charge on any atom is -0.491 e.